The summed E-state index contributed by atoms with van der Waals surface area (Å²) in [5, 5.41) is 9.18. The van der Waals surface area contributed by atoms with Gasteiger partial charge in [0.2, 0.25) is 0 Å². The fourth-order valence-corrected chi connectivity index (χ4v) is 2.00. The van der Waals surface area contributed by atoms with Crippen LogP contribution in [0.5, 0.6) is 0 Å². The van der Waals surface area contributed by atoms with Gasteiger partial charge in [-0.25, -0.2) is 4.39 Å². The molecule has 4 heteroatoms. The summed E-state index contributed by atoms with van der Waals surface area (Å²) in [5.74, 6) is -1.17. The lowest BCUT2D eigenvalue weighted by molar-refractivity contribution is -0.138. The molecule has 0 spiro atoms. The van der Waals surface area contributed by atoms with E-state index in [2.05, 4.69) is 0 Å². The van der Waals surface area contributed by atoms with Gasteiger partial charge in [0.15, 0.2) is 0 Å². The molecule has 1 aromatic rings. The van der Waals surface area contributed by atoms with E-state index in [1.807, 2.05) is 13.8 Å². The largest absolute Gasteiger partial charge is 0.481 e. The van der Waals surface area contributed by atoms with Crippen molar-refractivity contribution in [2.45, 2.75) is 26.7 Å². The third-order valence-corrected chi connectivity index (χ3v) is 3.26. The van der Waals surface area contributed by atoms with Crippen LogP contribution in [-0.4, -0.2) is 11.1 Å². The molecule has 17 heavy (non-hydrogen) atoms. The van der Waals surface area contributed by atoms with Gasteiger partial charge in [0, 0.05) is 17.0 Å². The van der Waals surface area contributed by atoms with Gasteiger partial charge in [-0.1, -0.05) is 31.5 Å². The number of benzene rings is 1. The van der Waals surface area contributed by atoms with Crippen molar-refractivity contribution in [1.29, 1.82) is 0 Å². The van der Waals surface area contributed by atoms with Gasteiger partial charge in [0.25, 0.3) is 0 Å². The van der Waals surface area contributed by atoms with Crippen LogP contribution in [0.1, 0.15) is 25.8 Å². The Bertz CT molecular complexity index is 384. The molecule has 0 bridgehead atoms. The van der Waals surface area contributed by atoms with Crippen LogP contribution in [0.3, 0.4) is 0 Å². The molecule has 0 amide bonds. The van der Waals surface area contributed by atoms with Gasteiger partial charge in [0.1, 0.15) is 5.82 Å². The summed E-state index contributed by atoms with van der Waals surface area (Å²) < 4.78 is 13.6. The predicted molar refractivity (Wildman–Crippen MR) is 65.7 cm³/mol. The van der Waals surface area contributed by atoms with Gasteiger partial charge >= 0.3 is 5.97 Å². The van der Waals surface area contributed by atoms with Crippen LogP contribution < -0.4 is 0 Å². The van der Waals surface area contributed by atoms with Crippen LogP contribution in [0.15, 0.2) is 18.2 Å². The van der Waals surface area contributed by atoms with E-state index < -0.39 is 5.97 Å². The maximum atomic E-state index is 13.6. The second kappa shape index (κ2) is 6.01. The first-order chi connectivity index (χ1) is 7.91. The lowest BCUT2D eigenvalue weighted by Crippen LogP contribution is -2.17. The maximum Gasteiger partial charge on any atom is 0.303 e. The first-order valence-corrected chi connectivity index (χ1v) is 5.94. The molecule has 0 heterocycles. The maximum absolute atomic E-state index is 13.6. The van der Waals surface area contributed by atoms with E-state index >= 15 is 0 Å². The molecular formula is C13H16ClFO2. The highest BCUT2D eigenvalue weighted by Crippen LogP contribution is 2.27. The van der Waals surface area contributed by atoms with Crippen LogP contribution in [-0.2, 0) is 11.2 Å². The van der Waals surface area contributed by atoms with Gasteiger partial charge in [-0.05, 0) is 30.4 Å². The van der Waals surface area contributed by atoms with E-state index in [4.69, 9.17) is 16.7 Å². The molecule has 94 valence electrons. The van der Waals surface area contributed by atoms with Gasteiger partial charge in [0.05, 0.1) is 0 Å². The second-order valence-electron chi connectivity index (χ2n) is 4.51. The molecule has 0 aliphatic carbocycles. The molecule has 1 atom stereocenters. The monoisotopic (exact) mass is 258 g/mol. The zero-order valence-corrected chi connectivity index (χ0v) is 10.7. The topological polar surface area (TPSA) is 37.3 Å². The summed E-state index contributed by atoms with van der Waals surface area (Å²) >= 11 is 5.93. The summed E-state index contributed by atoms with van der Waals surface area (Å²) in [4.78, 5) is 10.7. The van der Waals surface area contributed by atoms with E-state index in [1.54, 1.807) is 12.1 Å². The molecular weight excluding hydrogens is 243 g/mol. The van der Waals surface area contributed by atoms with Gasteiger partial charge in [-0.2, -0.15) is 0 Å². The quantitative estimate of drug-likeness (QED) is 0.873. The number of aliphatic carboxylic acids is 1. The lowest BCUT2D eigenvalue weighted by Gasteiger charge is -2.19. The molecule has 1 aromatic carbocycles. The number of rotatable bonds is 5. The first kappa shape index (κ1) is 14.0. The SMILES string of the molecule is CC(C)C(CC(=O)O)Cc1c(F)cccc1Cl. The van der Waals surface area contributed by atoms with Crippen molar-refractivity contribution >= 4 is 17.6 Å². The van der Waals surface area contributed by atoms with Crippen molar-refractivity contribution < 1.29 is 14.3 Å². The highest BCUT2D eigenvalue weighted by molar-refractivity contribution is 6.31. The normalized spacial score (nSPS) is 12.8. The summed E-state index contributed by atoms with van der Waals surface area (Å²) in [6.07, 6.45) is 0.387. The van der Waals surface area contributed by atoms with Crippen molar-refractivity contribution in [3.05, 3.63) is 34.6 Å². The van der Waals surface area contributed by atoms with Crippen molar-refractivity contribution in [3.63, 3.8) is 0 Å². The molecule has 0 saturated heterocycles. The van der Waals surface area contributed by atoms with Crippen molar-refractivity contribution in [2.75, 3.05) is 0 Å². The number of halogens is 2. The Balaban J connectivity index is 2.89. The Labute approximate surface area is 105 Å². The number of carboxylic acids is 1. The minimum absolute atomic E-state index is 0.0301. The molecule has 2 nitrogen and oxygen atoms in total. The number of carbonyl (C=O) groups is 1. The summed E-state index contributed by atoms with van der Waals surface area (Å²) in [7, 11) is 0. The first-order valence-electron chi connectivity index (χ1n) is 5.56. The third-order valence-electron chi connectivity index (χ3n) is 2.91. The predicted octanol–water partition coefficient (Wildman–Crippen LogP) is 3.77. The standard InChI is InChI=1S/C13H16ClFO2/c1-8(2)9(7-13(16)17)6-10-11(14)4-3-5-12(10)15/h3-5,8-9H,6-7H2,1-2H3,(H,16,17). The van der Waals surface area contributed by atoms with Gasteiger partial charge < -0.3 is 5.11 Å². The minimum atomic E-state index is -0.865. The van der Waals surface area contributed by atoms with Gasteiger partial charge in [-0.3, -0.25) is 4.79 Å². The molecule has 0 saturated carbocycles. The van der Waals surface area contributed by atoms with Crippen LogP contribution >= 0.6 is 11.6 Å². The van der Waals surface area contributed by atoms with Crippen molar-refractivity contribution in [2.24, 2.45) is 11.8 Å². The van der Waals surface area contributed by atoms with Crippen LogP contribution in [0.25, 0.3) is 0 Å². The fraction of sp³-hybridized carbons (Fsp3) is 0.462. The minimum Gasteiger partial charge on any atom is -0.481 e. The Morgan fingerprint density at radius 3 is 2.59 bits per heavy atom. The third kappa shape index (κ3) is 4.00. The smallest absolute Gasteiger partial charge is 0.303 e. The fourth-order valence-electron chi connectivity index (χ4n) is 1.76. The highest BCUT2D eigenvalue weighted by Gasteiger charge is 2.20. The highest BCUT2D eigenvalue weighted by atomic mass is 35.5. The van der Waals surface area contributed by atoms with E-state index in [0.717, 1.165) is 0 Å². The lowest BCUT2D eigenvalue weighted by atomic mass is 9.86. The van der Waals surface area contributed by atoms with Crippen molar-refractivity contribution in [1.82, 2.24) is 0 Å². The molecule has 0 aromatic heterocycles. The Morgan fingerprint density at radius 2 is 2.12 bits per heavy atom. The molecule has 1 N–H and O–H groups in total. The summed E-state index contributed by atoms with van der Waals surface area (Å²) in [5.41, 5.74) is 0.411. The number of hydrogen-bond donors (Lipinski definition) is 1. The molecule has 0 radical (unpaired) electrons. The van der Waals surface area contributed by atoms with E-state index in [1.165, 1.54) is 6.07 Å². The average molecular weight is 259 g/mol. The summed E-state index contributed by atoms with van der Waals surface area (Å²) in [6.45, 7) is 3.87. The zero-order valence-electron chi connectivity index (χ0n) is 9.91. The van der Waals surface area contributed by atoms with Crippen molar-refractivity contribution in [3.8, 4) is 0 Å². The second-order valence-corrected chi connectivity index (χ2v) is 4.91. The molecule has 0 aliphatic heterocycles. The van der Waals surface area contributed by atoms with Gasteiger partial charge in [-0.15, -0.1) is 0 Å². The Hall–Kier alpha value is -1.09. The van der Waals surface area contributed by atoms with E-state index in [0.29, 0.717) is 17.0 Å². The Kier molecular flexibility index (Phi) is 4.94. The molecule has 1 unspecified atom stereocenters. The summed E-state index contributed by atoms with van der Waals surface area (Å²) in [6, 6.07) is 4.51. The zero-order chi connectivity index (χ0) is 13.0. The molecule has 0 fully saturated rings. The van der Waals surface area contributed by atoms with Crippen LogP contribution in [0.2, 0.25) is 5.02 Å². The number of hydrogen-bond acceptors (Lipinski definition) is 1. The number of carboxylic acid groups (broad SMARTS) is 1. The Morgan fingerprint density at radius 1 is 1.47 bits per heavy atom. The molecule has 1 rings (SSSR count). The average Bonchev–Trinajstić information content (AvgIpc) is 2.21. The van der Waals surface area contributed by atoms with E-state index in [9.17, 15) is 9.18 Å². The molecule has 0 aliphatic rings. The van der Waals surface area contributed by atoms with Crippen LogP contribution in [0.4, 0.5) is 4.39 Å². The van der Waals surface area contributed by atoms with Crippen LogP contribution in [0, 0.1) is 17.7 Å². The van der Waals surface area contributed by atoms with E-state index in [-0.39, 0.29) is 24.1 Å².